The van der Waals surface area contributed by atoms with Gasteiger partial charge in [-0.25, -0.2) is 0 Å². The molecule has 0 radical (unpaired) electrons. The van der Waals surface area contributed by atoms with Crippen LogP contribution in [0.25, 0.3) is 0 Å². The molecule has 1 aromatic rings. The average molecular weight is 271 g/mol. The van der Waals surface area contributed by atoms with Crippen LogP contribution in [0.3, 0.4) is 0 Å². The fourth-order valence-corrected chi connectivity index (χ4v) is 2.31. The van der Waals surface area contributed by atoms with Crippen LogP contribution in [-0.4, -0.2) is 11.4 Å². The summed E-state index contributed by atoms with van der Waals surface area (Å²) >= 11 is 0. The molecule has 1 aromatic carbocycles. The second-order valence-electron chi connectivity index (χ2n) is 5.47. The van der Waals surface area contributed by atoms with Crippen LogP contribution in [0, 0.1) is 0 Å². The molecule has 0 saturated carbocycles. The summed E-state index contributed by atoms with van der Waals surface area (Å²) in [5, 5.41) is 2.97. The molecule has 2 rings (SSSR count). The first kappa shape index (κ1) is 14.4. The molecular weight excluding hydrogens is 250 g/mol. The van der Waals surface area contributed by atoms with Crippen molar-refractivity contribution in [2.24, 2.45) is 0 Å². The topological polar surface area (TPSA) is 38.3 Å². The zero-order valence-corrected chi connectivity index (χ0v) is 12.3. The van der Waals surface area contributed by atoms with Crippen LogP contribution in [0.2, 0.25) is 0 Å². The normalized spacial score (nSPS) is 21.8. The molecule has 0 heterocycles. The number of nitrogens with one attached hydrogen (secondary N) is 1. The maximum absolute atomic E-state index is 11.3. The summed E-state index contributed by atoms with van der Waals surface area (Å²) < 4.78 is 5.90. The van der Waals surface area contributed by atoms with Gasteiger partial charge in [0.2, 0.25) is 5.91 Å². The molecule has 0 aliphatic heterocycles. The molecule has 1 atom stereocenters. The van der Waals surface area contributed by atoms with Gasteiger partial charge < -0.3 is 10.1 Å². The number of benzene rings is 1. The molecule has 0 bridgehead atoms. The highest BCUT2D eigenvalue weighted by atomic mass is 16.5. The standard InChI is InChI=1S/C17H21NO2/c1-13-9-10-17(3,18-14(2)19)11-16(13)20-12-15-7-5-4-6-8-15/h4-9,11H,10,12H2,1-3H3,(H,18,19). The van der Waals surface area contributed by atoms with Gasteiger partial charge in [-0.1, -0.05) is 36.4 Å². The third-order valence-electron chi connectivity index (χ3n) is 3.37. The molecule has 1 unspecified atom stereocenters. The van der Waals surface area contributed by atoms with E-state index in [0.717, 1.165) is 23.3 Å². The van der Waals surface area contributed by atoms with Crippen LogP contribution in [0.1, 0.15) is 32.8 Å². The molecular formula is C17H21NO2. The van der Waals surface area contributed by atoms with Crippen LogP contribution in [0.4, 0.5) is 0 Å². The Morgan fingerprint density at radius 2 is 2.05 bits per heavy atom. The highest BCUT2D eigenvalue weighted by Gasteiger charge is 2.26. The van der Waals surface area contributed by atoms with E-state index in [-0.39, 0.29) is 11.4 Å². The summed E-state index contributed by atoms with van der Waals surface area (Å²) in [7, 11) is 0. The number of rotatable bonds is 4. The molecule has 0 aromatic heterocycles. The molecule has 0 saturated heterocycles. The predicted molar refractivity (Wildman–Crippen MR) is 79.9 cm³/mol. The van der Waals surface area contributed by atoms with Gasteiger partial charge in [0.1, 0.15) is 12.4 Å². The van der Waals surface area contributed by atoms with E-state index >= 15 is 0 Å². The van der Waals surface area contributed by atoms with Gasteiger partial charge in [-0.05, 0) is 37.5 Å². The Kier molecular flexibility index (Phi) is 4.28. The van der Waals surface area contributed by atoms with E-state index in [4.69, 9.17) is 4.74 Å². The van der Waals surface area contributed by atoms with Crippen molar-refractivity contribution in [3.63, 3.8) is 0 Å². The van der Waals surface area contributed by atoms with Crippen molar-refractivity contribution in [3.8, 4) is 0 Å². The van der Waals surface area contributed by atoms with Crippen LogP contribution >= 0.6 is 0 Å². The summed E-state index contributed by atoms with van der Waals surface area (Å²) in [6, 6.07) is 10.1. The van der Waals surface area contributed by atoms with E-state index in [1.165, 1.54) is 6.92 Å². The smallest absolute Gasteiger partial charge is 0.217 e. The molecule has 106 valence electrons. The van der Waals surface area contributed by atoms with Crippen molar-refractivity contribution >= 4 is 5.91 Å². The summed E-state index contributed by atoms with van der Waals surface area (Å²) in [6.45, 7) is 6.11. The van der Waals surface area contributed by atoms with Gasteiger partial charge in [0.15, 0.2) is 0 Å². The van der Waals surface area contributed by atoms with Gasteiger partial charge in [-0.2, -0.15) is 0 Å². The molecule has 1 aliphatic rings. The van der Waals surface area contributed by atoms with Gasteiger partial charge >= 0.3 is 0 Å². The average Bonchev–Trinajstić information content (AvgIpc) is 2.40. The van der Waals surface area contributed by atoms with Crippen molar-refractivity contribution in [2.45, 2.75) is 39.3 Å². The van der Waals surface area contributed by atoms with E-state index in [0.29, 0.717) is 6.61 Å². The minimum atomic E-state index is -0.364. The Labute approximate surface area is 120 Å². The van der Waals surface area contributed by atoms with Crippen LogP contribution in [0.5, 0.6) is 0 Å². The Hall–Kier alpha value is -2.03. The third-order valence-corrected chi connectivity index (χ3v) is 3.37. The van der Waals surface area contributed by atoms with Crippen LogP contribution in [-0.2, 0) is 16.1 Å². The molecule has 3 heteroatoms. The summed E-state index contributed by atoms with van der Waals surface area (Å²) in [5.41, 5.74) is 1.88. The molecule has 0 fully saturated rings. The van der Waals surface area contributed by atoms with Crippen LogP contribution in [0.15, 0.2) is 53.8 Å². The molecule has 0 spiro atoms. The lowest BCUT2D eigenvalue weighted by Crippen LogP contribution is -2.44. The number of carbonyl (C=O) groups excluding carboxylic acids is 1. The first-order valence-electron chi connectivity index (χ1n) is 6.84. The summed E-state index contributed by atoms with van der Waals surface area (Å²) in [6.07, 6.45) is 4.90. The van der Waals surface area contributed by atoms with E-state index in [1.54, 1.807) is 0 Å². The first-order chi connectivity index (χ1) is 9.48. The fraction of sp³-hybridized carbons (Fsp3) is 0.353. The van der Waals surface area contributed by atoms with E-state index < -0.39 is 0 Å². The van der Waals surface area contributed by atoms with Gasteiger partial charge in [-0.15, -0.1) is 0 Å². The maximum Gasteiger partial charge on any atom is 0.217 e. The number of hydrogen-bond donors (Lipinski definition) is 1. The van der Waals surface area contributed by atoms with Crippen molar-refractivity contribution < 1.29 is 9.53 Å². The minimum Gasteiger partial charge on any atom is -0.489 e. The second kappa shape index (κ2) is 5.95. The number of hydrogen-bond acceptors (Lipinski definition) is 2. The number of allylic oxidation sites excluding steroid dienone is 1. The Morgan fingerprint density at radius 3 is 2.70 bits per heavy atom. The molecule has 1 amide bonds. The van der Waals surface area contributed by atoms with Crippen molar-refractivity contribution in [2.75, 3.05) is 0 Å². The van der Waals surface area contributed by atoms with E-state index in [1.807, 2.05) is 50.3 Å². The highest BCUT2D eigenvalue weighted by molar-refractivity contribution is 5.74. The molecule has 20 heavy (non-hydrogen) atoms. The largest absolute Gasteiger partial charge is 0.489 e. The SMILES string of the molecule is CC(=O)NC1(C)C=C(OCc2ccccc2)C(C)=CC1. The summed E-state index contributed by atoms with van der Waals surface area (Å²) in [5.74, 6) is 0.815. The molecule has 1 aliphatic carbocycles. The first-order valence-corrected chi connectivity index (χ1v) is 6.84. The Morgan fingerprint density at radius 1 is 1.35 bits per heavy atom. The quantitative estimate of drug-likeness (QED) is 0.912. The highest BCUT2D eigenvalue weighted by Crippen LogP contribution is 2.27. The third kappa shape index (κ3) is 3.73. The Bertz CT molecular complexity index is 545. The van der Waals surface area contributed by atoms with Crippen molar-refractivity contribution in [1.29, 1.82) is 0 Å². The van der Waals surface area contributed by atoms with Crippen LogP contribution < -0.4 is 5.32 Å². The van der Waals surface area contributed by atoms with Gasteiger partial charge in [0.25, 0.3) is 0 Å². The predicted octanol–water partition coefficient (Wildman–Crippen LogP) is 3.33. The monoisotopic (exact) mass is 271 g/mol. The lowest BCUT2D eigenvalue weighted by atomic mass is 9.89. The fourth-order valence-electron chi connectivity index (χ4n) is 2.31. The van der Waals surface area contributed by atoms with Gasteiger partial charge in [-0.3, -0.25) is 4.79 Å². The molecule has 3 nitrogen and oxygen atoms in total. The van der Waals surface area contributed by atoms with E-state index in [2.05, 4.69) is 11.4 Å². The number of amides is 1. The molecule has 1 N–H and O–H groups in total. The van der Waals surface area contributed by atoms with Gasteiger partial charge in [0.05, 0.1) is 5.54 Å². The van der Waals surface area contributed by atoms with Crippen molar-refractivity contribution in [3.05, 3.63) is 59.4 Å². The zero-order chi connectivity index (χ0) is 14.6. The van der Waals surface area contributed by atoms with Gasteiger partial charge in [0, 0.05) is 6.92 Å². The van der Waals surface area contributed by atoms with Crippen molar-refractivity contribution in [1.82, 2.24) is 5.32 Å². The minimum absolute atomic E-state index is 0.0286. The second-order valence-corrected chi connectivity index (χ2v) is 5.47. The lowest BCUT2D eigenvalue weighted by Gasteiger charge is -2.30. The van der Waals surface area contributed by atoms with E-state index in [9.17, 15) is 4.79 Å². The maximum atomic E-state index is 11.3. The number of ether oxygens (including phenoxy) is 1. The summed E-state index contributed by atoms with van der Waals surface area (Å²) in [4.78, 5) is 11.3. The zero-order valence-electron chi connectivity index (χ0n) is 12.3. The lowest BCUT2D eigenvalue weighted by molar-refractivity contribution is -0.120. The number of carbonyl (C=O) groups is 1. The Balaban J connectivity index is 2.08.